The quantitative estimate of drug-likeness (QED) is 0.275. The predicted molar refractivity (Wildman–Crippen MR) is 116 cm³/mol. The minimum atomic E-state index is -4.64. The second kappa shape index (κ2) is 8.74. The van der Waals surface area contributed by atoms with Crippen LogP contribution in [-0.2, 0) is 19.2 Å². The van der Waals surface area contributed by atoms with Crippen molar-refractivity contribution in [1.82, 2.24) is 19.3 Å². The zero-order chi connectivity index (χ0) is 23.9. The van der Waals surface area contributed by atoms with Gasteiger partial charge in [-0.1, -0.05) is 17.7 Å². The van der Waals surface area contributed by atoms with Gasteiger partial charge in [0.1, 0.15) is 23.8 Å². The second-order valence-electron chi connectivity index (χ2n) is 7.14. The monoisotopic (exact) mass is 498 g/mol. The minimum Gasteiger partial charge on any atom is -0.398 e. The van der Waals surface area contributed by atoms with Crippen LogP contribution in [0.3, 0.4) is 0 Å². The Hall–Kier alpha value is -3.01. The number of aromatic nitrogens is 3. The van der Waals surface area contributed by atoms with Gasteiger partial charge < -0.3 is 26.4 Å². The van der Waals surface area contributed by atoms with Gasteiger partial charge in [0, 0.05) is 11.9 Å². The third-order valence-corrected chi connectivity index (χ3v) is 6.18. The number of nitrogen functional groups attached to an aromatic ring is 2. The van der Waals surface area contributed by atoms with Crippen molar-refractivity contribution in [2.24, 2.45) is 0 Å². The highest BCUT2D eigenvalue weighted by Crippen LogP contribution is 2.32. The highest BCUT2D eigenvalue weighted by Gasteiger charge is 2.45. The van der Waals surface area contributed by atoms with Gasteiger partial charge in [-0.25, -0.2) is 14.7 Å². The summed E-state index contributed by atoms with van der Waals surface area (Å²) in [6.45, 7) is -0.711. The van der Waals surface area contributed by atoms with E-state index in [0.717, 1.165) is 0 Å². The van der Waals surface area contributed by atoms with Crippen molar-refractivity contribution in [3.63, 3.8) is 0 Å². The summed E-state index contributed by atoms with van der Waals surface area (Å²) < 4.78 is 37.9. The van der Waals surface area contributed by atoms with Crippen molar-refractivity contribution < 1.29 is 32.3 Å². The van der Waals surface area contributed by atoms with Gasteiger partial charge in [0.05, 0.1) is 29.2 Å². The molecule has 1 fully saturated rings. The lowest BCUT2D eigenvalue weighted by atomic mass is 10.1. The Balaban J connectivity index is 1.45. The van der Waals surface area contributed by atoms with Crippen LogP contribution in [0, 0.1) is 0 Å². The molecule has 0 saturated carbocycles. The lowest BCUT2D eigenvalue weighted by Crippen LogP contribution is -2.38. The van der Waals surface area contributed by atoms with Crippen molar-refractivity contribution in [2.75, 3.05) is 18.1 Å². The molecule has 0 aliphatic carbocycles. The third kappa shape index (κ3) is 4.44. The molecular weight excluding hydrogens is 480 g/mol. The number of hydrogen-bond acceptors (Lipinski definition) is 11. The van der Waals surface area contributed by atoms with Gasteiger partial charge in [0.2, 0.25) is 0 Å². The van der Waals surface area contributed by atoms with E-state index < -0.39 is 47.4 Å². The standard InChI is InChI=1S/C18H19ClN6O7S/c19-8-2-1-3-9(20)12(8)17(28)24-33(29,30)31-6-11-14(26)15(27)18(32-11)25-7-23-13-10(21)4-5-22-16(13)25/h1-5,7,11,14-15,18,26-27H,6,20H2,(H2,21,22)(H,24,28)/t11-,14-,15-,18-/m1/s1. The van der Waals surface area contributed by atoms with E-state index in [1.54, 1.807) is 10.8 Å². The molecule has 13 nitrogen and oxygen atoms in total. The summed E-state index contributed by atoms with van der Waals surface area (Å²) in [4.78, 5) is 20.6. The van der Waals surface area contributed by atoms with E-state index in [1.165, 1.54) is 35.3 Å². The molecule has 3 heterocycles. The zero-order valence-corrected chi connectivity index (χ0v) is 18.3. The molecule has 0 radical (unpaired) electrons. The number of rotatable bonds is 6. The first kappa shape index (κ1) is 23.2. The number of fused-ring (bicyclic) bond motifs is 1. The Morgan fingerprint density at radius 1 is 1.21 bits per heavy atom. The zero-order valence-electron chi connectivity index (χ0n) is 16.7. The van der Waals surface area contributed by atoms with Crippen molar-refractivity contribution in [3.05, 3.63) is 47.4 Å². The van der Waals surface area contributed by atoms with E-state index in [0.29, 0.717) is 16.9 Å². The van der Waals surface area contributed by atoms with Crippen LogP contribution in [0.4, 0.5) is 11.4 Å². The number of aliphatic hydroxyl groups excluding tert-OH is 2. The summed E-state index contributed by atoms with van der Waals surface area (Å²) in [7, 11) is -4.64. The number of halogens is 1. The number of anilines is 2. The lowest BCUT2D eigenvalue weighted by Gasteiger charge is -2.16. The normalized spacial score (nSPS) is 23.1. The Bertz CT molecular complexity index is 1300. The number of pyridine rings is 1. The van der Waals surface area contributed by atoms with Gasteiger partial charge in [-0.3, -0.25) is 13.5 Å². The van der Waals surface area contributed by atoms with Crippen LogP contribution in [0.1, 0.15) is 16.6 Å². The molecule has 176 valence electrons. The number of ether oxygens (including phenoxy) is 1. The van der Waals surface area contributed by atoms with E-state index in [2.05, 4.69) is 9.97 Å². The summed E-state index contributed by atoms with van der Waals surface area (Å²) in [5.74, 6) is -1.10. The molecule has 15 heteroatoms. The van der Waals surface area contributed by atoms with Gasteiger partial charge >= 0.3 is 10.3 Å². The maximum Gasteiger partial charge on any atom is 0.362 e. The van der Waals surface area contributed by atoms with Crippen LogP contribution in [0.25, 0.3) is 11.2 Å². The Labute approximate surface area is 192 Å². The van der Waals surface area contributed by atoms with E-state index >= 15 is 0 Å². The summed E-state index contributed by atoms with van der Waals surface area (Å²) in [6.07, 6.45) is -2.62. The molecule has 1 amide bonds. The number of imidazole rings is 1. The van der Waals surface area contributed by atoms with E-state index in [9.17, 15) is 23.4 Å². The van der Waals surface area contributed by atoms with E-state index in [4.69, 9.17) is 32.0 Å². The number of nitrogens with two attached hydrogens (primary N) is 2. The fourth-order valence-electron chi connectivity index (χ4n) is 3.37. The average molecular weight is 499 g/mol. The molecule has 4 rings (SSSR count). The fraction of sp³-hybridized carbons (Fsp3) is 0.278. The molecule has 2 aromatic heterocycles. The molecule has 0 spiro atoms. The average Bonchev–Trinajstić information content (AvgIpc) is 3.29. The van der Waals surface area contributed by atoms with Crippen LogP contribution >= 0.6 is 11.6 Å². The van der Waals surface area contributed by atoms with Crippen molar-refractivity contribution >= 4 is 50.4 Å². The first-order chi connectivity index (χ1) is 15.6. The molecule has 1 aliphatic rings. The lowest BCUT2D eigenvalue weighted by molar-refractivity contribution is -0.0468. The Morgan fingerprint density at radius 3 is 2.70 bits per heavy atom. The first-order valence-electron chi connectivity index (χ1n) is 9.43. The number of carbonyl (C=O) groups is 1. The first-order valence-corrected chi connectivity index (χ1v) is 11.2. The maximum atomic E-state index is 12.3. The Morgan fingerprint density at radius 2 is 1.97 bits per heavy atom. The van der Waals surface area contributed by atoms with Gasteiger partial charge in [-0.2, -0.15) is 8.42 Å². The van der Waals surface area contributed by atoms with Crippen LogP contribution in [0.15, 0.2) is 36.8 Å². The molecule has 33 heavy (non-hydrogen) atoms. The molecule has 1 aromatic carbocycles. The molecule has 3 aromatic rings. The third-order valence-electron chi connectivity index (χ3n) is 4.98. The van der Waals surface area contributed by atoms with Gasteiger partial charge in [-0.15, -0.1) is 0 Å². The number of hydrogen-bond donors (Lipinski definition) is 5. The molecule has 4 atom stereocenters. The highest BCUT2D eigenvalue weighted by molar-refractivity contribution is 7.85. The topological polar surface area (TPSA) is 205 Å². The van der Waals surface area contributed by atoms with Crippen molar-refractivity contribution in [2.45, 2.75) is 24.5 Å². The predicted octanol–water partition coefficient (Wildman–Crippen LogP) is -0.440. The van der Waals surface area contributed by atoms with Gasteiger partial charge in [-0.05, 0) is 18.2 Å². The number of benzene rings is 1. The fourth-order valence-corrected chi connectivity index (χ4v) is 4.34. The number of aliphatic hydroxyl groups is 2. The van der Waals surface area contributed by atoms with Crippen LogP contribution in [0.2, 0.25) is 5.02 Å². The maximum absolute atomic E-state index is 12.3. The van der Waals surface area contributed by atoms with Crippen LogP contribution in [-0.4, -0.2) is 64.0 Å². The van der Waals surface area contributed by atoms with E-state index in [1.807, 2.05) is 0 Å². The van der Waals surface area contributed by atoms with Crippen LogP contribution in [0.5, 0.6) is 0 Å². The smallest absolute Gasteiger partial charge is 0.362 e. The summed E-state index contributed by atoms with van der Waals surface area (Å²) in [6, 6.07) is 5.79. The number of nitrogens with one attached hydrogen (secondary N) is 1. The van der Waals surface area contributed by atoms with Gasteiger partial charge in [0.25, 0.3) is 5.91 Å². The molecule has 1 saturated heterocycles. The van der Waals surface area contributed by atoms with Crippen molar-refractivity contribution in [3.8, 4) is 0 Å². The number of carbonyl (C=O) groups excluding carboxylic acids is 1. The summed E-state index contributed by atoms with van der Waals surface area (Å²) in [5, 5.41) is 20.7. The number of nitrogens with zero attached hydrogens (tertiary/aromatic N) is 3. The molecule has 1 aliphatic heterocycles. The molecular formula is C18H19ClN6O7S. The number of amides is 1. The second-order valence-corrected chi connectivity index (χ2v) is 8.90. The molecule has 7 N–H and O–H groups in total. The highest BCUT2D eigenvalue weighted by atomic mass is 35.5. The summed E-state index contributed by atoms with van der Waals surface area (Å²) in [5.41, 5.74) is 12.3. The van der Waals surface area contributed by atoms with E-state index in [-0.39, 0.29) is 16.3 Å². The molecule has 0 unspecified atom stereocenters. The summed E-state index contributed by atoms with van der Waals surface area (Å²) >= 11 is 5.91. The molecule has 0 bridgehead atoms. The minimum absolute atomic E-state index is 0.0301. The van der Waals surface area contributed by atoms with Crippen molar-refractivity contribution in [1.29, 1.82) is 0 Å². The van der Waals surface area contributed by atoms with Gasteiger partial charge in [0.15, 0.2) is 11.9 Å². The van der Waals surface area contributed by atoms with Crippen LogP contribution < -0.4 is 16.2 Å². The Kier molecular flexibility index (Phi) is 6.13. The SMILES string of the molecule is Nc1cccc(Cl)c1C(=O)NS(=O)(=O)OC[C@H]1O[C@@H](n2cnc3c(N)ccnc32)[C@H](O)[C@@H]1O. The largest absolute Gasteiger partial charge is 0.398 e.